The second-order valence-electron chi connectivity index (χ2n) is 3.73. The molecule has 0 saturated carbocycles. The van der Waals surface area contributed by atoms with Crippen LogP contribution < -0.4 is 0 Å². The Hall–Kier alpha value is -0.860. The van der Waals surface area contributed by atoms with Crippen molar-refractivity contribution in [2.24, 2.45) is 0 Å². The van der Waals surface area contributed by atoms with Crippen molar-refractivity contribution in [1.82, 2.24) is 0 Å². The predicted octanol–water partition coefficient (Wildman–Crippen LogP) is 3.09. The molecule has 1 heterocycles. The Bertz CT molecular complexity index is 339. The Kier molecular flexibility index (Phi) is 3.39. The van der Waals surface area contributed by atoms with Gasteiger partial charge in [-0.05, 0) is 43.5 Å². The molecule has 1 saturated heterocycles. The maximum Gasteiger partial charge on any atom is 0.191 e. The summed E-state index contributed by atoms with van der Waals surface area (Å²) in [6.07, 6.45) is 2.72. The number of Topliss-reactive ketones (excluding diaryl/α,β-unsaturated/α-hetero) is 1. The molecule has 3 heteroatoms. The van der Waals surface area contributed by atoms with E-state index in [0.717, 1.165) is 19.3 Å². The number of ketones is 1. The van der Waals surface area contributed by atoms with Crippen molar-refractivity contribution in [2.45, 2.75) is 25.4 Å². The fraction of sp³-hybridized carbons (Fsp3) is 0.417. The van der Waals surface area contributed by atoms with Gasteiger partial charge in [0.25, 0.3) is 0 Å². The van der Waals surface area contributed by atoms with Gasteiger partial charge in [0.2, 0.25) is 0 Å². The molecule has 1 aromatic carbocycles. The first-order chi connectivity index (χ1) is 7.27. The number of hydrogen-bond donors (Lipinski definition) is 0. The van der Waals surface area contributed by atoms with Gasteiger partial charge in [-0.25, -0.2) is 0 Å². The summed E-state index contributed by atoms with van der Waals surface area (Å²) < 4.78 is 5.44. The van der Waals surface area contributed by atoms with Gasteiger partial charge in [0, 0.05) is 17.2 Å². The molecule has 0 radical (unpaired) electrons. The van der Waals surface area contributed by atoms with Crippen molar-refractivity contribution >= 4 is 17.4 Å². The number of hydrogen-bond acceptors (Lipinski definition) is 2. The van der Waals surface area contributed by atoms with Crippen molar-refractivity contribution in [3.05, 3.63) is 34.9 Å². The summed E-state index contributed by atoms with van der Waals surface area (Å²) in [5.74, 6) is 0.0753. The SMILES string of the molecule is O=C(c1ccc(Cl)cc1)C1CCCCO1. The number of benzene rings is 1. The first-order valence-electron chi connectivity index (χ1n) is 5.19. The van der Waals surface area contributed by atoms with Crippen LogP contribution in [0.25, 0.3) is 0 Å². The Morgan fingerprint density at radius 3 is 2.60 bits per heavy atom. The Morgan fingerprint density at radius 1 is 1.27 bits per heavy atom. The summed E-state index contributed by atoms with van der Waals surface area (Å²) in [6.45, 7) is 0.698. The number of ether oxygens (including phenoxy) is 1. The number of rotatable bonds is 2. The summed E-state index contributed by atoms with van der Waals surface area (Å²) in [7, 11) is 0. The quantitative estimate of drug-likeness (QED) is 0.722. The highest BCUT2D eigenvalue weighted by Gasteiger charge is 2.22. The lowest BCUT2D eigenvalue weighted by molar-refractivity contribution is 0.0186. The molecule has 2 rings (SSSR count). The van der Waals surface area contributed by atoms with Gasteiger partial charge in [0.15, 0.2) is 5.78 Å². The molecule has 15 heavy (non-hydrogen) atoms. The van der Waals surface area contributed by atoms with Crippen LogP contribution >= 0.6 is 11.6 Å². The molecule has 1 atom stereocenters. The van der Waals surface area contributed by atoms with E-state index >= 15 is 0 Å². The van der Waals surface area contributed by atoms with Crippen LogP contribution in [0.2, 0.25) is 5.02 Å². The number of carbonyl (C=O) groups is 1. The van der Waals surface area contributed by atoms with Crippen molar-refractivity contribution in [2.75, 3.05) is 6.61 Å². The lowest BCUT2D eigenvalue weighted by Gasteiger charge is -2.21. The van der Waals surface area contributed by atoms with Gasteiger partial charge in [0.05, 0.1) is 0 Å². The van der Waals surface area contributed by atoms with E-state index in [1.807, 2.05) is 0 Å². The summed E-state index contributed by atoms with van der Waals surface area (Å²) in [4.78, 5) is 11.9. The van der Waals surface area contributed by atoms with Gasteiger partial charge in [-0.2, -0.15) is 0 Å². The van der Waals surface area contributed by atoms with E-state index in [1.165, 1.54) is 0 Å². The van der Waals surface area contributed by atoms with Crippen molar-refractivity contribution in [3.8, 4) is 0 Å². The minimum atomic E-state index is -0.250. The topological polar surface area (TPSA) is 26.3 Å². The molecular formula is C12H13ClO2. The molecule has 0 spiro atoms. The lowest BCUT2D eigenvalue weighted by atomic mass is 10.00. The molecule has 0 aliphatic carbocycles. The van der Waals surface area contributed by atoms with E-state index < -0.39 is 0 Å². The zero-order valence-corrected chi connectivity index (χ0v) is 9.17. The van der Waals surface area contributed by atoms with Gasteiger partial charge >= 0.3 is 0 Å². The molecule has 1 unspecified atom stereocenters. The minimum Gasteiger partial charge on any atom is -0.370 e. The van der Waals surface area contributed by atoms with Crippen LogP contribution in [0.1, 0.15) is 29.6 Å². The average molecular weight is 225 g/mol. The lowest BCUT2D eigenvalue weighted by Crippen LogP contribution is -2.28. The summed E-state index contributed by atoms with van der Waals surface area (Å²) in [5, 5.41) is 0.649. The summed E-state index contributed by atoms with van der Waals surface area (Å²) in [6, 6.07) is 6.97. The highest BCUT2D eigenvalue weighted by Crippen LogP contribution is 2.18. The molecule has 1 aliphatic heterocycles. The average Bonchev–Trinajstić information content (AvgIpc) is 2.30. The van der Waals surface area contributed by atoms with Crippen LogP contribution in [0.15, 0.2) is 24.3 Å². The highest BCUT2D eigenvalue weighted by molar-refractivity contribution is 6.30. The molecule has 2 nitrogen and oxygen atoms in total. The summed E-state index contributed by atoms with van der Waals surface area (Å²) in [5.41, 5.74) is 0.686. The van der Waals surface area contributed by atoms with Gasteiger partial charge in [0.1, 0.15) is 6.10 Å². The zero-order valence-electron chi connectivity index (χ0n) is 8.41. The molecular weight excluding hydrogens is 212 g/mol. The van der Waals surface area contributed by atoms with Gasteiger partial charge in [-0.15, -0.1) is 0 Å². The van der Waals surface area contributed by atoms with Gasteiger partial charge in [-0.3, -0.25) is 4.79 Å². The van der Waals surface area contributed by atoms with Gasteiger partial charge in [-0.1, -0.05) is 11.6 Å². The third kappa shape index (κ3) is 2.58. The largest absolute Gasteiger partial charge is 0.370 e. The maximum atomic E-state index is 11.9. The third-order valence-electron chi connectivity index (χ3n) is 2.60. The zero-order chi connectivity index (χ0) is 10.7. The Morgan fingerprint density at radius 2 is 2.00 bits per heavy atom. The first kappa shape index (κ1) is 10.7. The van der Waals surface area contributed by atoms with Crippen LogP contribution in [0, 0.1) is 0 Å². The molecule has 0 aromatic heterocycles. The molecule has 1 aromatic rings. The van der Waals surface area contributed by atoms with Crippen molar-refractivity contribution in [1.29, 1.82) is 0 Å². The molecule has 80 valence electrons. The van der Waals surface area contributed by atoms with E-state index in [-0.39, 0.29) is 11.9 Å². The van der Waals surface area contributed by atoms with Crippen LogP contribution in [0.5, 0.6) is 0 Å². The van der Waals surface area contributed by atoms with E-state index in [4.69, 9.17) is 16.3 Å². The van der Waals surface area contributed by atoms with Crippen LogP contribution in [0.4, 0.5) is 0 Å². The Labute approximate surface area is 94.2 Å². The van der Waals surface area contributed by atoms with Gasteiger partial charge < -0.3 is 4.74 Å². The molecule has 0 N–H and O–H groups in total. The van der Waals surface area contributed by atoms with Crippen LogP contribution in [0.3, 0.4) is 0 Å². The van der Waals surface area contributed by atoms with E-state index in [0.29, 0.717) is 17.2 Å². The fourth-order valence-corrected chi connectivity index (χ4v) is 1.87. The summed E-state index contributed by atoms with van der Waals surface area (Å²) >= 11 is 5.76. The molecule has 1 aliphatic rings. The standard InChI is InChI=1S/C12H13ClO2/c13-10-6-4-9(5-7-10)12(14)11-3-1-2-8-15-11/h4-7,11H,1-3,8H2. The number of halogens is 1. The molecule has 0 bridgehead atoms. The fourth-order valence-electron chi connectivity index (χ4n) is 1.75. The van der Waals surface area contributed by atoms with E-state index in [1.54, 1.807) is 24.3 Å². The monoisotopic (exact) mass is 224 g/mol. The van der Waals surface area contributed by atoms with Crippen LogP contribution in [-0.4, -0.2) is 18.5 Å². The maximum absolute atomic E-state index is 11.9. The Balaban J connectivity index is 2.09. The smallest absolute Gasteiger partial charge is 0.191 e. The van der Waals surface area contributed by atoms with E-state index in [2.05, 4.69) is 0 Å². The molecule has 0 amide bonds. The van der Waals surface area contributed by atoms with Crippen molar-refractivity contribution in [3.63, 3.8) is 0 Å². The predicted molar refractivity (Wildman–Crippen MR) is 59.4 cm³/mol. The normalized spacial score (nSPS) is 21.3. The minimum absolute atomic E-state index is 0.0753. The number of carbonyl (C=O) groups excluding carboxylic acids is 1. The van der Waals surface area contributed by atoms with E-state index in [9.17, 15) is 4.79 Å². The van der Waals surface area contributed by atoms with Crippen LogP contribution in [-0.2, 0) is 4.74 Å². The highest BCUT2D eigenvalue weighted by atomic mass is 35.5. The molecule has 1 fully saturated rings. The first-order valence-corrected chi connectivity index (χ1v) is 5.56. The second kappa shape index (κ2) is 4.77. The second-order valence-corrected chi connectivity index (χ2v) is 4.16. The van der Waals surface area contributed by atoms with Crippen molar-refractivity contribution < 1.29 is 9.53 Å². The third-order valence-corrected chi connectivity index (χ3v) is 2.85.